The topological polar surface area (TPSA) is 72.2 Å². The van der Waals surface area contributed by atoms with E-state index in [2.05, 4.69) is 21.2 Å². The molecule has 0 saturated carbocycles. The molecular weight excluding hydrogens is 401 g/mol. The molecule has 0 bridgehead atoms. The summed E-state index contributed by atoms with van der Waals surface area (Å²) in [5.74, 6) is -1.40. The summed E-state index contributed by atoms with van der Waals surface area (Å²) in [5.41, 5.74) is 5.24. The third kappa shape index (κ3) is 5.32. The Balaban J connectivity index is 2.09. The van der Waals surface area contributed by atoms with Crippen molar-refractivity contribution in [2.75, 3.05) is 0 Å². The first kappa shape index (κ1) is 19.0. The van der Waals surface area contributed by atoms with Gasteiger partial charge in [-0.25, -0.2) is 0 Å². The van der Waals surface area contributed by atoms with Crippen LogP contribution >= 0.6 is 15.9 Å². The molecule has 2 rings (SSSR count). The molecule has 0 spiro atoms. The molecule has 8 heteroatoms. The Morgan fingerprint density at radius 2 is 1.60 bits per heavy atom. The summed E-state index contributed by atoms with van der Waals surface area (Å²) in [4.78, 5) is 23.7. The third-order valence-corrected chi connectivity index (χ3v) is 4.00. The Labute approximate surface area is 150 Å². The van der Waals surface area contributed by atoms with Crippen LogP contribution in [0.4, 0.5) is 13.2 Å². The maximum atomic E-state index is 12.5. The fourth-order valence-electron chi connectivity index (χ4n) is 2.13. The van der Waals surface area contributed by atoms with Crippen LogP contribution in [0.3, 0.4) is 0 Å². The Hall–Kier alpha value is -2.35. The molecule has 0 aromatic heterocycles. The van der Waals surface area contributed by atoms with Crippen LogP contribution in [0.5, 0.6) is 0 Å². The van der Waals surface area contributed by atoms with Crippen molar-refractivity contribution < 1.29 is 22.8 Å². The summed E-state index contributed by atoms with van der Waals surface area (Å²) in [6.07, 6.45) is -4.30. The Morgan fingerprint density at radius 3 is 2.08 bits per heavy atom. The summed E-state index contributed by atoms with van der Waals surface area (Å²) in [7, 11) is 0. The average Bonchev–Trinajstić information content (AvgIpc) is 2.55. The number of nitrogens with one attached hydrogen (secondary N) is 1. The lowest BCUT2D eigenvalue weighted by Crippen LogP contribution is -2.45. The van der Waals surface area contributed by atoms with Gasteiger partial charge in [0.05, 0.1) is 5.56 Å². The standard InChI is InChI=1S/C17H14BrF3N2O2/c18-13-7-1-10(2-8-13)9-14(15(22)24)23-16(25)11-3-5-12(6-4-11)17(19,20)21/h1-8,14H,9H2,(H2,22,24)(H,23,25)/t14-/m0/s1. The van der Waals surface area contributed by atoms with Gasteiger partial charge in [0.15, 0.2) is 0 Å². The van der Waals surface area contributed by atoms with E-state index in [4.69, 9.17) is 5.73 Å². The molecule has 0 saturated heterocycles. The van der Waals surface area contributed by atoms with Gasteiger partial charge in [-0.05, 0) is 42.0 Å². The number of amides is 2. The van der Waals surface area contributed by atoms with Gasteiger partial charge in [0.1, 0.15) is 6.04 Å². The van der Waals surface area contributed by atoms with Crippen LogP contribution < -0.4 is 11.1 Å². The third-order valence-electron chi connectivity index (χ3n) is 3.48. The molecule has 1 atom stereocenters. The molecule has 0 aliphatic heterocycles. The van der Waals surface area contributed by atoms with E-state index in [9.17, 15) is 22.8 Å². The SMILES string of the molecule is NC(=O)[C@H](Cc1ccc(Br)cc1)NC(=O)c1ccc(C(F)(F)F)cc1. The van der Waals surface area contributed by atoms with Crippen LogP contribution in [-0.4, -0.2) is 17.9 Å². The smallest absolute Gasteiger partial charge is 0.368 e. The van der Waals surface area contributed by atoms with Crippen LogP contribution in [0.25, 0.3) is 0 Å². The predicted octanol–water partition coefficient (Wildman–Crippen LogP) is 3.29. The lowest BCUT2D eigenvalue weighted by Gasteiger charge is -2.16. The van der Waals surface area contributed by atoms with E-state index in [0.717, 1.165) is 34.3 Å². The first-order valence-corrected chi connectivity index (χ1v) is 7.98. The quantitative estimate of drug-likeness (QED) is 0.787. The molecule has 0 aliphatic rings. The molecule has 25 heavy (non-hydrogen) atoms. The summed E-state index contributed by atoms with van der Waals surface area (Å²) in [5, 5.41) is 2.45. The molecule has 2 aromatic rings. The molecule has 2 aromatic carbocycles. The van der Waals surface area contributed by atoms with Crippen molar-refractivity contribution in [2.45, 2.75) is 18.6 Å². The minimum atomic E-state index is -4.48. The molecule has 0 fully saturated rings. The number of carbonyl (C=O) groups is 2. The number of primary amides is 1. The van der Waals surface area contributed by atoms with E-state index in [1.54, 1.807) is 24.3 Å². The van der Waals surface area contributed by atoms with E-state index in [0.29, 0.717) is 0 Å². The largest absolute Gasteiger partial charge is 0.416 e. The van der Waals surface area contributed by atoms with Crippen molar-refractivity contribution >= 4 is 27.7 Å². The number of hydrogen-bond acceptors (Lipinski definition) is 2. The maximum Gasteiger partial charge on any atom is 0.416 e. The first-order chi connectivity index (χ1) is 11.7. The van der Waals surface area contributed by atoms with Crippen LogP contribution in [-0.2, 0) is 17.4 Å². The zero-order valence-corrected chi connectivity index (χ0v) is 14.4. The van der Waals surface area contributed by atoms with Crippen LogP contribution in [0, 0.1) is 0 Å². The highest BCUT2D eigenvalue weighted by molar-refractivity contribution is 9.10. The van der Waals surface area contributed by atoms with Gasteiger partial charge in [0, 0.05) is 16.5 Å². The van der Waals surface area contributed by atoms with E-state index >= 15 is 0 Å². The zero-order chi connectivity index (χ0) is 18.6. The van der Waals surface area contributed by atoms with E-state index in [-0.39, 0.29) is 12.0 Å². The van der Waals surface area contributed by atoms with Crippen molar-refractivity contribution in [3.8, 4) is 0 Å². The lowest BCUT2D eigenvalue weighted by atomic mass is 10.0. The van der Waals surface area contributed by atoms with Crippen molar-refractivity contribution in [1.82, 2.24) is 5.32 Å². The van der Waals surface area contributed by atoms with Gasteiger partial charge in [-0.15, -0.1) is 0 Å². The summed E-state index contributed by atoms with van der Waals surface area (Å²) in [6.45, 7) is 0. The van der Waals surface area contributed by atoms with Crippen molar-refractivity contribution in [3.05, 3.63) is 69.7 Å². The van der Waals surface area contributed by atoms with E-state index < -0.39 is 29.6 Å². The highest BCUT2D eigenvalue weighted by Crippen LogP contribution is 2.29. The molecule has 0 heterocycles. The molecule has 4 nitrogen and oxygen atoms in total. The highest BCUT2D eigenvalue weighted by Gasteiger charge is 2.30. The van der Waals surface area contributed by atoms with Gasteiger partial charge in [-0.3, -0.25) is 9.59 Å². The molecule has 0 unspecified atom stereocenters. The number of hydrogen-bond donors (Lipinski definition) is 2. The van der Waals surface area contributed by atoms with Gasteiger partial charge >= 0.3 is 6.18 Å². The van der Waals surface area contributed by atoms with Crippen LogP contribution in [0.1, 0.15) is 21.5 Å². The predicted molar refractivity (Wildman–Crippen MR) is 89.7 cm³/mol. The molecule has 0 radical (unpaired) electrons. The Morgan fingerprint density at radius 1 is 1.04 bits per heavy atom. The number of nitrogens with two attached hydrogens (primary N) is 1. The monoisotopic (exact) mass is 414 g/mol. The lowest BCUT2D eigenvalue weighted by molar-refractivity contribution is -0.137. The van der Waals surface area contributed by atoms with Crippen molar-refractivity contribution in [2.24, 2.45) is 5.73 Å². The fourth-order valence-corrected chi connectivity index (χ4v) is 2.40. The second-order valence-electron chi connectivity index (χ2n) is 5.33. The fraction of sp³-hybridized carbons (Fsp3) is 0.176. The second-order valence-corrected chi connectivity index (χ2v) is 6.25. The summed E-state index contributed by atoms with van der Waals surface area (Å²) in [6, 6.07) is 9.85. The number of carbonyl (C=O) groups excluding carboxylic acids is 2. The normalized spacial score (nSPS) is 12.5. The molecule has 3 N–H and O–H groups in total. The Kier molecular flexibility index (Phi) is 5.84. The van der Waals surface area contributed by atoms with Gasteiger partial charge in [-0.2, -0.15) is 13.2 Å². The number of rotatable bonds is 5. The number of alkyl halides is 3. The van der Waals surface area contributed by atoms with Gasteiger partial charge in [0.25, 0.3) is 5.91 Å². The van der Waals surface area contributed by atoms with Gasteiger partial charge < -0.3 is 11.1 Å². The minimum absolute atomic E-state index is 0.00931. The molecule has 0 aliphatic carbocycles. The summed E-state index contributed by atoms with van der Waals surface area (Å²) < 4.78 is 38.5. The van der Waals surface area contributed by atoms with E-state index in [1.165, 1.54) is 0 Å². The molecular formula is C17H14BrF3N2O2. The second kappa shape index (κ2) is 7.69. The van der Waals surface area contributed by atoms with E-state index in [1.807, 2.05) is 0 Å². The van der Waals surface area contributed by atoms with Crippen LogP contribution in [0.2, 0.25) is 0 Å². The minimum Gasteiger partial charge on any atom is -0.368 e. The van der Waals surface area contributed by atoms with Gasteiger partial charge in [0.2, 0.25) is 5.91 Å². The van der Waals surface area contributed by atoms with Crippen molar-refractivity contribution in [3.63, 3.8) is 0 Å². The number of benzene rings is 2. The van der Waals surface area contributed by atoms with Gasteiger partial charge in [-0.1, -0.05) is 28.1 Å². The first-order valence-electron chi connectivity index (χ1n) is 7.18. The molecule has 132 valence electrons. The zero-order valence-electron chi connectivity index (χ0n) is 12.8. The van der Waals surface area contributed by atoms with Crippen LogP contribution in [0.15, 0.2) is 53.0 Å². The number of halogens is 4. The summed E-state index contributed by atoms with van der Waals surface area (Å²) >= 11 is 3.29. The molecule has 2 amide bonds. The maximum absolute atomic E-state index is 12.5. The highest BCUT2D eigenvalue weighted by atomic mass is 79.9. The van der Waals surface area contributed by atoms with Crippen molar-refractivity contribution in [1.29, 1.82) is 0 Å². The average molecular weight is 415 g/mol. The Bertz CT molecular complexity index is 759.